The van der Waals surface area contributed by atoms with Gasteiger partial charge in [-0.25, -0.2) is 0 Å². The van der Waals surface area contributed by atoms with Gasteiger partial charge in [0.25, 0.3) is 0 Å². The Morgan fingerprint density at radius 2 is 2.28 bits per heavy atom. The Morgan fingerprint density at radius 1 is 1.44 bits per heavy atom. The van der Waals surface area contributed by atoms with Crippen molar-refractivity contribution < 1.29 is 4.74 Å². The average Bonchev–Trinajstić information content (AvgIpc) is 2.88. The lowest BCUT2D eigenvalue weighted by Crippen LogP contribution is -1.95. The molecule has 18 heavy (non-hydrogen) atoms. The number of ether oxygens (including phenoxy) is 1. The Morgan fingerprint density at radius 3 is 2.89 bits per heavy atom. The lowest BCUT2D eigenvalue weighted by molar-refractivity contribution is 0.398. The topological polar surface area (TPSA) is 22.1 Å². The van der Waals surface area contributed by atoms with Crippen LogP contribution in [0.15, 0.2) is 34.7 Å². The first-order valence-electron chi connectivity index (χ1n) is 5.08. The van der Waals surface area contributed by atoms with Crippen LogP contribution in [0.5, 0.6) is 5.75 Å². The minimum Gasteiger partial charge on any atom is -0.494 e. The fraction of sp³-hybridized carbons (Fsp3) is 0.250. The van der Waals surface area contributed by atoms with Crippen LogP contribution in [-0.2, 0) is 11.6 Å². The highest BCUT2D eigenvalue weighted by atomic mass is 35.5. The zero-order valence-corrected chi connectivity index (χ0v) is 13.0. The molecule has 0 aliphatic carbocycles. The van der Waals surface area contributed by atoms with Crippen LogP contribution in [0, 0.1) is 0 Å². The fourth-order valence-electron chi connectivity index (χ4n) is 1.44. The lowest BCUT2D eigenvalue weighted by atomic mass is 10.3. The number of thiophene rings is 1. The highest BCUT2D eigenvalue weighted by Crippen LogP contribution is 2.34. The highest BCUT2D eigenvalue weighted by molar-refractivity contribution is 7.98. The third-order valence-corrected chi connectivity index (χ3v) is 4.62. The van der Waals surface area contributed by atoms with Gasteiger partial charge in [-0.15, -0.1) is 47.1 Å². The van der Waals surface area contributed by atoms with Gasteiger partial charge in [0.1, 0.15) is 0 Å². The molecule has 98 valence electrons. The van der Waals surface area contributed by atoms with Crippen molar-refractivity contribution in [2.24, 2.45) is 0 Å². The van der Waals surface area contributed by atoms with Gasteiger partial charge in [0.15, 0.2) is 5.75 Å². The number of nitrogens with zero attached hydrogens (tertiary/aromatic N) is 1. The maximum absolute atomic E-state index is 5.83. The summed E-state index contributed by atoms with van der Waals surface area (Å²) in [6.45, 7) is 0. The first-order valence-corrected chi connectivity index (χ1v) is 7.48. The van der Waals surface area contributed by atoms with Gasteiger partial charge in [-0.3, -0.25) is 4.98 Å². The third-order valence-electron chi connectivity index (χ3n) is 2.22. The molecule has 2 aromatic rings. The van der Waals surface area contributed by atoms with E-state index in [4.69, 9.17) is 16.3 Å². The summed E-state index contributed by atoms with van der Waals surface area (Å²) in [5.41, 5.74) is 0.797. The number of rotatable bonds is 5. The first-order chi connectivity index (χ1) is 8.35. The van der Waals surface area contributed by atoms with Gasteiger partial charge >= 0.3 is 0 Å². The van der Waals surface area contributed by atoms with Crippen LogP contribution in [0.4, 0.5) is 0 Å². The fourth-order valence-corrected chi connectivity index (χ4v) is 3.45. The predicted molar refractivity (Wildman–Crippen MR) is 81.5 cm³/mol. The number of pyridine rings is 1. The summed E-state index contributed by atoms with van der Waals surface area (Å²) in [6, 6.07) is 6.16. The van der Waals surface area contributed by atoms with E-state index >= 15 is 0 Å². The smallest absolute Gasteiger partial charge is 0.155 e. The molecule has 2 heterocycles. The zero-order valence-electron chi connectivity index (χ0n) is 9.76. The van der Waals surface area contributed by atoms with Crippen molar-refractivity contribution >= 4 is 47.1 Å². The molecule has 0 N–H and O–H groups in total. The SMILES string of the molecule is COc1c(SCc2cccs2)ccnc1CCl.Cl. The van der Waals surface area contributed by atoms with E-state index in [-0.39, 0.29) is 12.4 Å². The molecule has 0 radical (unpaired) electrons. The highest BCUT2D eigenvalue weighted by Gasteiger charge is 2.10. The Hall–Kier alpha value is -0.420. The van der Waals surface area contributed by atoms with Gasteiger partial charge < -0.3 is 4.74 Å². The van der Waals surface area contributed by atoms with Crippen molar-refractivity contribution in [2.45, 2.75) is 16.5 Å². The molecular formula is C12H13Cl2NOS2. The van der Waals surface area contributed by atoms with Crippen molar-refractivity contribution in [1.29, 1.82) is 0 Å². The molecule has 0 atom stereocenters. The number of aromatic nitrogens is 1. The average molecular weight is 322 g/mol. The molecule has 2 rings (SSSR count). The molecule has 0 unspecified atom stereocenters. The minimum atomic E-state index is 0. The quantitative estimate of drug-likeness (QED) is 0.593. The summed E-state index contributed by atoms with van der Waals surface area (Å²) in [5, 5.41) is 2.09. The molecule has 0 amide bonds. The van der Waals surface area contributed by atoms with Gasteiger partial charge in [0.2, 0.25) is 0 Å². The largest absolute Gasteiger partial charge is 0.494 e. The van der Waals surface area contributed by atoms with Crippen LogP contribution < -0.4 is 4.74 Å². The second-order valence-electron chi connectivity index (χ2n) is 3.29. The van der Waals surface area contributed by atoms with E-state index in [1.165, 1.54) is 4.88 Å². The maximum Gasteiger partial charge on any atom is 0.155 e. The zero-order chi connectivity index (χ0) is 12.1. The molecule has 0 saturated carbocycles. The molecular weight excluding hydrogens is 309 g/mol. The maximum atomic E-state index is 5.83. The molecule has 0 bridgehead atoms. The number of thioether (sulfide) groups is 1. The van der Waals surface area contributed by atoms with E-state index in [0.29, 0.717) is 5.88 Å². The third kappa shape index (κ3) is 3.79. The molecule has 0 aliphatic rings. The molecule has 2 nitrogen and oxygen atoms in total. The number of methoxy groups -OCH3 is 1. The van der Waals surface area contributed by atoms with Gasteiger partial charge in [0.05, 0.1) is 23.6 Å². The number of hydrogen-bond acceptors (Lipinski definition) is 4. The number of halogens is 2. The van der Waals surface area contributed by atoms with Crippen LogP contribution in [0.3, 0.4) is 0 Å². The predicted octanol–water partition coefficient (Wildman–Crippen LogP) is 4.60. The molecule has 0 saturated heterocycles. The number of alkyl halides is 1. The van der Waals surface area contributed by atoms with E-state index in [1.807, 2.05) is 6.07 Å². The van der Waals surface area contributed by atoms with Gasteiger partial charge in [-0.2, -0.15) is 0 Å². The first kappa shape index (κ1) is 15.6. The van der Waals surface area contributed by atoms with Crippen molar-refractivity contribution in [1.82, 2.24) is 4.98 Å². The Kier molecular flexibility index (Phi) is 6.86. The standard InChI is InChI=1S/C12H12ClNOS2.ClH/c1-15-12-10(7-13)14-5-4-11(12)17-8-9-3-2-6-16-9;/h2-6H,7-8H2,1H3;1H. The second-order valence-corrected chi connectivity index (χ2v) is 5.61. The van der Waals surface area contributed by atoms with Crippen molar-refractivity contribution in [3.05, 3.63) is 40.3 Å². The summed E-state index contributed by atoms with van der Waals surface area (Å²) < 4.78 is 5.37. The summed E-state index contributed by atoms with van der Waals surface area (Å²) in [4.78, 5) is 6.64. The van der Waals surface area contributed by atoms with E-state index in [1.54, 1.807) is 36.4 Å². The van der Waals surface area contributed by atoms with Gasteiger partial charge in [-0.1, -0.05) is 6.07 Å². The summed E-state index contributed by atoms with van der Waals surface area (Å²) in [5.74, 6) is 2.11. The Balaban J connectivity index is 0.00000162. The Labute approximate surface area is 126 Å². The number of hydrogen-bond donors (Lipinski definition) is 0. The molecule has 0 aliphatic heterocycles. The van der Waals surface area contributed by atoms with E-state index < -0.39 is 0 Å². The normalized spacial score (nSPS) is 9.89. The molecule has 0 spiro atoms. The van der Waals surface area contributed by atoms with Gasteiger partial charge in [0, 0.05) is 16.8 Å². The molecule has 2 aromatic heterocycles. The van der Waals surface area contributed by atoms with Crippen LogP contribution in [0.25, 0.3) is 0 Å². The van der Waals surface area contributed by atoms with Crippen LogP contribution >= 0.6 is 47.1 Å². The van der Waals surface area contributed by atoms with Crippen molar-refractivity contribution in [3.8, 4) is 5.75 Å². The van der Waals surface area contributed by atoms with E-state index in [0.717, 1.165) is 22.1 Å². The van der Waals surface area contributed by atoms with Crippen LogP contribution in [0.1, 0.15) is 10.6 Å². The second kappa shape index (κ2) is 7.89. The molecule has 0 fully saturated rings. The van der Waals surface area contributed by atoms with E-state index in [9.17, 15) is 0 Å². The monoisotopic (exact) mass is 321 g/mol. The summed E-state index contributed by atoms with van der Waals surface area (Å²) in [6.07, 6.45) is 1.77. The van der Waals surface area contributed by atoms with Gasteiger partial charge in [-0.05, 0) is 17.5 Å². The van der Waals surface area contributed by atoms with Crippen molar-refractivity contribution in [3.63, 3.8) is 0 Å². The molecule has 0 aromatic carbocycles. The lowest BCUT2D eigenvalue weighted by Gasteiger charge is -2.10. The van der Waals surface area contributed by atoms with E-state index in [2.05, 4.69) is 22.5 Å². The van der Waals surface area contributed by atoms with Crippen LogP contribution in [0.2, 0.25) is 0 Å². The molecule has 6 heteroatoms. The van der Waals surface area contributed by atoms with Crippen molar-refractivity contribution in [2.75, 3.05) is 7.11 Å². The van der Waals surface area contributed by atoms with Crippen LogP contribution in [-0.4, -0.2) is 12.1 Å². The summed E-state index contributed by atoms with van der Waals surface area (Å²) >= 11 is 9.34. The Bertz CT molecular complexity index is 477. The minimum absolute atomic E-state index is 0. The summed E-state index contributed by atoms with van der Waals surface area (Å²) in [7, 11) is 1.66.